The summed E-state index contributed by atoms with van der Waals surface area (Å²) < 4.78 is 0. The van der Waals surface area contributed by atoms with Crippen LogP contribution in [0.3, 0.4) is 0 Å². The average Bonchev–Trinajstić information content (AvgIpc) is 2.43. The Morgan fingerprint density at radius 2 is 1.40 bits per heavy atom. The Morgan fingerprint density at radius 1 is 0.933 bits per heavy atom. The predicted molar refractivity (Wildman–Crippen MR) is 54.7 cm³/mol. The molecule has 0 aromatic carbocycles. The van der Waals surface area contributed by atoms with Gasteiger partial charge in [-0.15, -0.1) is 0 Å². The normalized spacial score (nSPS) is 43.5. The molecule has 4 unspecified atom stereocenters. The van der Waals surface area contributed by atoms with Crippen LogP contribution in [0.5, 0.6) is 0 Å². The van der Waals surface area contributed by atoms with Gasteiger partial charge in [0, 0.05) is 0 Å². The van der Waals surface area contributed by atoms with E-state index in [0.717, 1.165) is 12.8 Å². The molecule has 0 spiro atoms. The number of amides is 2. The van der Waals surface area contributed by atoms with Gasteiger partial charge in [-0.3, -0.25) is 14.9 Å². The third kappa shape index (κ3) is 1.25. The maximum Gasteiger partial charge on any atom is 0.231 e. The van der Waals surface area contributed by atoms with Gasteiger partial charge < -0.3 is 0 Å². The second-order valence-electron chi connectivity index (χ2n) is 4.90. The maximum absolute atomic E-state index is 11.7. The van der Waals surface area contributed by atoms with Crippen LogP contribution in [0.4, 0.5) is 0 Å². The van der Waals surface area contributed by atoms with Crippen LogP contribution in [-0.4, -0.2) is 11.8 Å². The summed E-state index contributed by atoms with van der Waals surface area (Å²) in [5, 5.41) is 2.50. The van der Waals surface area contributed by atoms with E-state index in [9.17, 15) is 9.59 Å². The fourth-order valence-electron chi connectivity index (χ4n) is 3.37. The van der Waals surface area contributed by atoms with Crippen molar-refractivity contribution in [2.75, 3.05) is 0 Å². The smallest absolute Gasteiger partial charge is 0.231 e. The first-order valence-corrected chi connectivity index (χ1v) is 5.80. The fourth-order valence-corrected chi connectivity index (χ4v) is 3.37. The van der Waals surface area contributed by atoms with E-state index in [-0.39, 0.29) is 23.7 Å². The number of carbonyl (C=O) groups is 2. The van der Waals surface area contributed by atoms with Crippen LogP contribution in [0.2, 0.25) is 0 Å². The van der Waals surface area contributed by atoms with Crippen molar-refractivity contribution in [2.45, 2.75) is 25.7 Å². The van der Waals surface area contributed by atoms with Crippen molar-refractivity contribution in [1.29, 1.82) is 0 Å². The molecule has 1 saturated heterocycles. The number of allylic oxidation sites excluding steroid dienone is 2. The highest BCUT2D eigenvalue weighted by atomic mass is 16.2. The molecule has 0 aromatic heterocycles. The van der Waals surface area contributed by atoms with Gasteiger partial charge in [0.15, 0.2) is 0 Å². The maximum atomic E-state index is 11.7. The van der Waals surface area contributed by atoms with Crippen LogP contribution in [-0.2, 0) is 9.59 Å². The standard InChI is InChI=1S/C12H15NO2/c14-11-9-7-3-1-2-4-8(6-5-7)10(9)12(15)13-11/h5-10H,1-4H2,(H,13,14,15). The van der Waals surface area contributed by atoms with Crippen LogP contribution < -0.4 is 5.32 Å². The van der Waals surface area contributed by atoms with Crippen molar-refractivity contribution in [3.8, 4) is 0 Å². The lowest BCUT2D eigenvalue weighted by Gasteiger charge is -2.34. The second-order valence-corrected chi connectivity index (χ2v) is 4.90. The molecule has 3 aliphatic rings. The Balaban J connectivity index is 2.02. The Labute approximate surface area is 88.9 Å². The minimum atomic E-state index is -0.0622. The Hall–Kier alpha value is -1.12. The summed E-state index contributed by atoms with van der Waals surface area (Å²) in [4.78, 5) is 23.4. The van der Waals surface area contributed by atoms with E-state index in [2.05, 4.69) is 17.5 Å². The summed E-state index contributed by atoms with van der Waals surface area (Å²) >= 11 is 0. The van der Waals surface area contributed by atoms with Gasteiger partial charge in [-0.2, -0.15) is 0 Å². The number of hydrogen-bond acceptors (Lipinski definition) is 2. The number of rotatable bonds is 0. The van der Waals surface area contributed by atoms with Gasteiger partial charge in [-0.25, -0.2) is 0 Å². The van der Waals surface area contributed by atoms with Crippen LogP contribution >= 0.6 is 0 Å². The van der Waals surface area contributed by atoms with Crippen LogP contribution in [0.25, 0.3) is 0 Å². The molecule has 1 N–H and O–H groups in total. The number of nitrogens with one attached hydrogen (secondary N) is 1. The topological polar surface area (TPSA) is 46.2 Å². The highest BCUT2D eigenvalue weighted by Crippen LogP contribution is 2.44. The Bertz CT molecular complexity index is 316. The molecule has 2 amide bonds. The van der Waals surface area contributed by atoms with Gasteiger partial charge in [-0.1, -0.05) is 25.0 Å². The predicted octanol–water partition coefficient (Wildman–Crippen LogP) is 1.25. The molecular formula is C12H15NO2. The zero-order valence-corrected chi connectivity index (χ0v) is 8.61. The molecule has 15 heavy (non-hydrogen) atoms. The van der Waals surface area contributed by atoms with E-state index in [1.54, 1.807) is 0 Å². The van der Waals surface area contributed by atoms with E-state index in [4.69, 9.17) is 0 Å². The number of hydrogen-bond donors (Lipinski definition) is 1. The lowest BCUT2D eigenvalue weighted by molar-refractivity contribution is -0.126. The van der Waals surface area contributed by atoms with Crippen molar-refractivity contribution < 1.29 is 9.59 Å². The van der Waals surface area contributed by atoms with Gasteiger partial charge in [0.1, 0.15) is 0 Å². The number of carbonyl (C=O) groups excluding carboxylic acids is 2. The van der Waals surface area contributed by atoms with E-state index in [0.29, 0.717) is 11.8 Å². The highest BCUT2D eigenvalue weighted by Gasteiger charge is 2.50. The lowest BCUT2D eigenvalue weighted by Crippen LogP contribution is -2.35. The van der Waals surface area contributed by atoms with E-state index < -0.39 is 0 Å². The summed E-state index contributed by atoms with van der Waals surface area (Å²) in [6.45, 7) is 0. The summed E-state index contributed by atoms with van der Waals surface area (Å²) in [7, 11) is 0. The molecule has 2 aliphatic carbocycles. The number of imide groups is 1. The third-order valence-electron chi connectivity index (χ3n) is 4.09. The number of fused-ring (bicyclic) bond motifs is 5. The second kappa shape index (κ2) is 3.19. The van der Waals surface area contributed by atoms with Gasteiger partial charge in [0.2, 0.25) is 11.8 Å². The van der Waals surface area contributed by atoms with Gasteiger partial charge in [-0.05, 0) is 24.7 Å². The molecule has 4 atom stereocenters. The fraction of sp³-hybridized carbons (Fsp3) is 0.667. The minimum Gasteiger partial charge on any atom is -0.296 e. The summed E-state index contributed by atoms with van der Waals surface area (Å²) in [6.07, 6.45) is 8.84. The molecule has 3 rings (SSSR count). The highest BCUT2D eigenvalue weighted by molar-refractivity contribution is 6.05. The molecule has 80 valence electrons. The Kier molecular flexibility index (Phi) is 1.94. The van der Waals surface area contributed by atoms with Gasteiger partial charge in [0.05, 0.1) is 11.8 Å². The lowest BCUT2D eigenvalue weighted by atomic mass is 9.67. The van der Waals surface area contributed by atoms with E-state index >= 15 is 0 Å². The summed E-state index contributed by atoms with van der Waals surface area (Å²) in [5.74, 6) is 0.411. The van der Waals surface area contributed by atoms with Crippen LogP contribution in [0.15, 0.2) is 12.2 Å². The summed E-state index contributed by atoms with van der Waals surface area (Å²) in [6, 6.07) is 0. The van der Waals surface area contributed by atoms with Gasteiger partial charge in [0.25, 0.3) is 0 Å². The largest absolute Gasteiger partial charge is 0.296 e. The minimum absolute atomic E-state index is 0.0359. The molecule has 0 saturated carbocycles. The first kappa shape index (κ1) is 9.13. The van der Waals surface area contributed by atoms with Crippen molar-refractivity contribution in [3.63, 3.8) is 0 Å². The molecule has 1 aliphatic heterocycles. The van der Waals surface area contributed by atoms with Gasteiger partial charge >= 0.3 is 0 Å². The zero-order valence-electron chi connectivity index (χ0n) is 8.61. The van der Waals surface area contributed by atoms with Crippen LogP contribution in [0.1, 0.15) is 25.7 Å². The third-order valence-corrected chi connectivity index (χ3v) is 4.09. The monoisotopic (exact) mass is 205 g/mol. The molecular weight excluding hydrogens is 190 g/mol. The van der Waals surface area contributed by atoms with Crippen molar-refractivity contribution in [1.82, 2.24) is 5.32 Å². The molecule has 0 aromatic rings. The van der Waals surface area contributed by atoms with Crippen molar-refractivity contribution in [2.24, 2.45) is 23.7 Å². The first-order chi connectivity index (χ1) is 7.27. The molecule has 3 nitrogen and oxygen atoms in total. The quantitative estimate of drug-likeness (QED) is 0.478. The average molecular weight is 205 g/mol. The molecule has 1 fully saturated rings. The molecule has 2 bridgehead atoms. The Morgan fingerprint density at radius 3 is 1.87 bits per heavy atom. The first-order valence-electron chi connectivity index (χ1n) is 5.80. The molecule has 0 radical (unpaired) electrons. The van der Waals surface area contributed by atoms with Crippen molar-refractivity contribution >= 4 is 11.8 Å². The van der Waals surface area contributed by atoms with E-state index in [1.165, 1.54) is 12.8 Å². The van der Waals surface area contributed by atoms with Crippen molar-refractivity contribution in [3.05, 3.63) is 12.2 Å². The summed E-state index contributed by atoms with van der Waals surface area (Å²) in [5.41, 5.74) is 0. The molecule has 1 heterocycles. The van der Waals surface area contributed by atoms with Crippen LogP contribution in [0, 0.1) is 23.7 Å². The zero-order chi connectivity index (χ0) is 10.4. The molecule has 3 heteroatoms. The SMILES string of the molecule is O=C1NC(=O)C2C3C=CC(CCCC3)C12. The van der Waals surface area contributed by atoms with E-state index in [1.807, 2.05) is 0 Å².